The first-order valence-electron chi connectivity index (χ1n) is 6.27. The van der Waals surface area contributed by atoms with E-state index >= 15 is 0 Å². The quantitative estimate of drug-likeness (QED) is 0.832. The molecule has 0 saturated carbocycles. The molecule has 0 fully saturated rings. The number of carboxylic acids is 1. The molecule has 0 bridgehead atoms. The van der Waals surface area contributed by atoms with Gasteiger partial charge in [0.15, 0.2) is 0 Å². The summed E-state index contributed by atoms with van der Waals surface area (Å²) in [5.74, 6) is -2.39. The van der Waals surface area contributed by atoms with E-state index in [0.717, 1.165) is 6.07 Å². The van der Waals surface area contributed by atoms with Crippen LogP contribution < -0.4 is 5.32 Å². The lowest BCUT2D eigenvalue weighted by molar-refractivity contribution is -0.142. The third-order valence-corrected chi connectivity index (χ3v) is 3.48. The molecule has 4 nitrogen and oxygen atoms in total. The van der Waals surface area contributed by atoms with Crippen LogP contribution in [-0.2, 0) is 4.79 Å². The summed E-state index contributed by atoms with van der Waals surface area (Å²) < 4.78 is 13.6. The second-order valence-electron chi connectivity index (χ2n) is 5.00. The lowest BCUT2D eigenvalue weighted by atomic mass is 9.97. The zero-order valence-electron chi connectivity index (χ0n) is 11.3. The zero-order valence-corrected chi connectivity index (χ0v) is 12.9. The highest BCUT2D eigenvalue weighted by Gasteiger charge is 2.20. The smallest absolute Gasteiger partial charge is 0.308 e. The average Bonchev–Trinajstić information content (AvgIpc) is 2.36. The van der Waals surface area contributed by atoms with Crippen molar-refractivity contribution in [3.05, 3.63) is 34.1 Å². The minimum absolute atomic E-state index is 0.0231. The van der Waals surface area contributed by atoms with Crippen molar-refractivity contribution in [2.45, 2.75) is 20.3 Å². The number of hydrogen-bond acceptors (Lipinski definition) is 2. The summed E-state index contributed by atoms with van der Waals surface area (Å²) in [4.78, 5) is 23.0. The van der Waals surface area contributed by atoms with Crippen molar-refractivity contribution in [2.24, 2.45) is 11.8 Å². The minimum Gasteiger partial charge on any atom is -0.481 e. The first-order valence-corrected chi connectivity index (χ1v) is 7.06. The molecule has 0 saturated heterocycles. The third-order valence-electron chi connectivity index (χ3n) is 2.79. The second kappa shape index (κ2) is 7.38. The first kappa shape index (κ1) is 16.6. The Bertz CT molecular complexity index is 505. The number of carbonyl (C=O) groups is 2. The van der Waals surface area contributed by atoms with Crippen molar-refractivity contribution >= 4 is 27.8 Å². The minimum atomic E-state index is -0.947. The molecule has 0 heterocycles. The van der Waals surface area contributed by atoms with Gasteiger partial charge in [0.2, 0.25) is 0 Å². The van der Waals surface area contributed by atoms with Gasteiger partial charge in [-0.1, -0.05) is 13.8 Å². The standard InChI is InChI=1S/C14H17BrFNO3/c1-8(2)5-9(14(19)20)7-17-13(18)11-6-10(16)3-4-12(11)15/h3-4,6,8-9H,5,7H2,1-2H3,(H,17,18)(H,19,20). The number of rotatable bonds is 6. The van der Waals surface area contributed by atoms with Crippen molar-refractivity contribution in [2.75, 3.05) is 6.54 Å². The van der Waals surface area contributed by atoms with Gasteiger partial charge in [0.1, 0.15) is 5.82 Å². The molecule has 1 aromatic rings. The first-order chi connectivity index (χ1) is 9.31. The molecule has 1 amide bonds. The molecule has 0 radical (unpaired) electrons. The molecular weight excluding hydrogens is 329 g/mol. The molecule has 20 heavy (non-hydrogen) atoms. The topological polar surface area (TPSA) is 66.4 Å². The van der Waals surface area contributed by atoms with Crippen LogP contribution in [0.5, 0.6) is 0 Å². The number of nitrogens with one attached hydrogen (secondary N) is 1. The molecule has 2 N–H and O–H groups in total. The van der Waals surface area contributed by atoms with E-state index in [-0.39, 0.29) is 18.0 Å². The van der Waals surface area contributed by atoms with Gasteiger partial charge in [0.25, 0.3) is 5.91 Å². The second-order valence-corrected chi connectivity index (χ2v) is 5.85. The van der Waals surface area contributed by atoms with Crippen molar-refractivity contribution < 1.29 is 19.1 Å². The van der Waals surface area contributed by atoms with Crippen LogP contribution in [0, 0.1) is 17.7 Å². The summed E-state index contributed by atoms with van der Waals surface area (Å²) in [5.41, 5.74) is 0.152. The largest absolute Gasteiger partial charge is 0.481 e. The number of amides is 1. The average molecular weight is 346 g/mol. The van der Waals surface area contributed by atoms with Gasteiger partial charge in [0, 0.05) is 11.0 Å². The number of carbonyl (C=O) groups excluding carboxylic acids is 1. The molecule has 1 rings (SSSR count). The van der Waals surface area contributed by atoms with E-state index in [1.165, 1.54) is 12.1 Å². The van der Waals surface area contributed by atoms with Crippen LogP contribution in [0.15, 0.2) is 22.7 Å². The Morgan fingerprint density at radius 3 is 2.60 bits per heavy atom. The number of benzene rings is 1. The Morgan fingerprint density at radius 2 is 2.05 bits per heavy atom. The molecule has 0 spiro atoms. The molecule has 0 aliphatic carbocycles. The van der Waals surface area contributed by atoms with E-state index in [1.807, 2.05) is 13.8 Å². The maximum atomic E-state index is 13.1. The Hall–Kier alpha value is -1.43. The maximum Gasteiger partial charge on any atom is 0.308 e. The highest BCUT2D eigenvalue weighted by Crippen LogP contribution is 2.18. The molecule has 1 atom stereocenters. The van der Waals surface area contributed by atoms with Gasteiger partial charge < -0.3 is 10.4 Å². The summed E-state index contributed by atoms with van der Waals surface area (Å²) in [7, 11) is 0. The van der Waals surface area contributed by atoms with Gasteiger partial charge in [-0.05, 0) is 46.5 Å². The molecule has 1 aromatic carbocycles. The molecule has 0 aromatic heterocycles. The fourth-order valence-corrected chi connectivity index (χ4v) is 2.25. The van der Waals surface area contributed by atoms with Gasteiger partial charge in [-0.15, -0.1) is 0 Å². The highest BCUT2D eigenvalue weighted by atomic mass is 79.9. The van der Waals surface area contributed by atoms with Crippen molar-refractivity contribution in [3.63, 3.8) is 0 Å². The van der Waals surface area contributed by atoms with Crippen LogP contribution in [0.2, 0.25) is 0 Å². The number of halogens is 2. The lowest BCUT2D eigenvalue weighted by Gasteiger charge is -2.15. The summed E-state index contributed by atoms with van der Waals surface area (Å²) >= 11 is 3.16. The Morgan fingerprint density at radius 1 is 1.40 bits per heavy atom. The van der Waals surface area contributed by atoms with Crippen LogP contribution in [-0.4, -0.2) is 23.5 Å². The molecule has 0 aliphatic rings. The fraction of sp³-hybridized carbons (Fsp3) is 0.429. The van der Waals surface area contributed by atoms with Crippen molar-refractivity contribution in [3.8, 4) is 0 Å². The third kappa shape index (κ3) is 4.92. The van der Waals surface area contributed by atoms with E-state index in [1.54, 1.807) is 0 Å². The van der Waals surface area contributed by atoms with Crippen molar-refractivity contribution in [1.29, 1.82) is 0 Å². The maximum absolute atomic E-state index is 13.1. The number of hydrogen-bond donors (Lipinski definition) is 2. The predicted octanol–water partition coefficient (Wildman–Crippen LogP) is 3.06. The monoisotopic (exact) mass is 345 g/mol. The van der Waals surface area contributed by atoms with Gasteiger partial charge in [-0.25, -0.2) is 4.39 Å². The number of carboxylic acid groups (broad SMARTS) is 1. The zero-order chi connectivity index (χ0) is 15.3. The summed E-state index contributed by atoms with van der Waals surface area (Å²) in [6.07, 6.45) is 0.472. The van der Waals surface area contributed by atoms with Crippen LogP contribution in [0.4, 0.5) is 4.39 Å². The molecule has 1 unspecified atom stereocenters. The van der Waals surface area contributed by atoms with Crippen LogP contribution in [0.3, 0.4) is 0 Å². The molecule has 110 valence electrons. The summed E-state index contributed by atoms with van der Waals surface area (Å²) in [5, 5.41) is 11.6. The van der Waals surface area contributed by atoms with Crippen molar-refractivity contribution in [1.82, 2.24) is 5.32 Å². The van der Waals surface area contributed by atoms with E-state index < -0.39 is 23.6 Å². The molecule has 6 heteroatoms. The van der Waals surface area contributed by atoms with Gasteiger partial charge in [-0.3, -0.25) is 9.59 Å². The van der Waals surface area contributed by atoms with E-state index in [2.05, 4.69) is 21.2 Å². The fourth-order valence-electron chi connectivity index (χ4n) is 1.82. The normalized spacial score (nSPS) is 12.2. The van der Waals surface area contributed by atoms with Gasteiger partial charge in [0.05, 0.1) is 11.5 Å². The number of aliphatic carboxylic acids is 1. The molecule has 0 aliphatic heterocycles. The highest BCUT2D eigenvalue weighted by molar-refractivity contribution is 9.10. The van der Waals surface area contributed by atoms with Gasteiger partial charge in [-0.2, -0.15) is 0 Å². The van der Waals surface area contributed by atoms with Gasteiger partial charge >= 0.3 is 5.97 Å². The van der Waals surface area contributed by atoms with Crippen LogP contribution in [0.1, 0.15) is 30.6 Å². The van der Waals surface area contributed by atoms with E-state index in [4.69, 9.17) is 5.11 Å². The Labute approximate surface area is 125 Å². The summed E-state index contributed by atoms with van der Waals surface area (Å²) in [6, 6.07) is 3.78. The summed E-state index contributed by atoms with van der Waals surface area (Å²) in [6.45, 7) is 3.86. The van der Waals surface area contributed by atoms with E-state index in [9.17, 15) is 14.0 Å². The predicted molar refractivity (Wildman–Crippen MR) is 77.0 cm³/mol. The molecular formula is C14H17BrFNO3. The SMILES string of the molecule is CC(C)CC(CNC(=O)c1cc(F)ccc1Br)C(=O)O. The van der Waals surface area contributed by atoms with Crippen LogP contribution in [0.25, 0.3) is 0 Å². The Kier molecular flexibility index (Phi) is 6.13. The van der Waals surface area contributed by atoms with E-state index in [0.29, 0.717) is 10.9 Å². The Balaban J connectivity index is 2.70. The van der Waals surface area contributed by atoms with Crippen LogP contribution >= 0.6 is 15.9 Å². The lowest BCUT2D eigenvalue weighted by Crippen LogP contribution is -2.33.